The number of rotatable bonds is 6. The average molecular weight is 379 g/mol. The fourth-order valence-electron chi connectivity index (χ4n) is 2.35. The summed E-state index contributed by atoms with van der Waals surface area (Å²) in [4.78, 5) is 24.7. The maximum atomic E-state index is 12.6. The Hall–Kier alpha value is -2.41. The first-order chi connectivity index (χ1) is 12.3. The molecular weight excluding hydrogens is 360 g/mol. The number of benzene rings is 2. The largest absolute Gasteiger partial charge is 0.449 e. The van der Waals surface area contributed by atoms with E-state index in [1.807, 2.05) is 32.0 Å². The van der Waals surface area contributed by atoms with E-state index >= 15 is 0 Å². The SMILES string of the molecule is Cc1cccc(C)c1NC(=O)C(C)OC(=O)c1ccccc1SC(F)F. The smallest absolute Gasteiger partial charge is 0.340 e. The maximum Gasteiger partial charge on any atom is 0.340 e. The van der Waals surface area contributed by atoms with E-state index in [-0.39, 0.29) is 22.2 Å². The summed E-state index contributed by atoms with van der Waals surface area (Å²) in [6, 6.07) is 11.5. The summed E-state index contributed by atoms with van der Waals surface area (Å²) in [6.45, 7) is 5.15. The molecule has 0 aromatic heterocycles. The Kier molecular flexibility index (Phi) is 6.74. The lowest BCUT2D eigenvalue weighted by molar-refractivity contribution is -0.123. The number of alkyl halides is 2. The lowest BCUT2D eigenvalue weighted by Gasteiger charge is -2.17. The van der Waals surface area contributed by atoms with Crippen LogP contribution in [0.5, 0.6) is 0 Å². The predicted molar refractivity (Wildman–Crippen MR) is 97.7 cm³/mol. The molecule has 0 aliphatic heterocycles. The third kappa shape index (κ3) is 5.05. The minimum absolute atomic E-state index is 0.00419. The van der Waals surface area contributed by atoms with Crippen molar-refractivity contribution in [3.63, 3.8) is 0 Å². The summed E-state index contributed by atoms with van der Waals surface area (Å²) in [5.41, 5.74) is 2.43. The predicted octanol–water partition coefficient (Wildman–Crippen LogP) is 4.80. The summed E-state index contributed by atoms with van der Waals surface area (Å²) < 4.78 is 30.4. The molecule has 2 aromatic carbocycles. The first-order valence-electron chi connectivity index (χ1n) is 7.91. The van der Waals surface area contributed by atoms with E-state index in [2.05, 4.69) is 5.32 Å². The van der Waals surface area contributed by atoms with Gasteiger partial charge in [0.1, 0.15) is 0 Å². The van der Waals surface area contributed by atoms with Gasteiger partial charge in [0, 0.05) is 10.6 Å². The van der Waals surface area contributed by atoms with Crippen molar-refractivity contribution in [3.05, 3.63) is 59.2 Å². The van der Waals surface area contributed by atoms with Crippen molar-refractivity contribution in [2.45, 2.75) is 37.5 Å². The number of aryl methyl sites for hydroxylation is 2. The molecule has 0 saturated carbocycles. The zero-order valence-electron chi connectivity index (χ0n) is 14.6. The van der Waals surface area contributed by atoms with Crippen LogP contribution in [-0.2, 0) is 9.53 Å². The minimum atomic E-state index is -2.66. The maximum absolute atomic E-state index is 12.6. The van der Waals surface area contributed by atoms with Crippen molar-refractivity contribution >= 4 is 29.3 Å². The summed E-state index contributed by atoms with van der Waals surface area (Å²) in [6.07, 6.45) is -1.08. The number of nitrogens with one attached hydrogen (secondary N) is 1. The van der Waals surface area contributed by atoms with Crippen LogP contribution in [-0.4, -0.2) is 23.7 Å². The van der Waals surface area contributed by atoms with Gasteiger partial charge in [0.25, 0.3) is 11.7 Å². The van der Waals surface area contributed by atoms with Gasteiger partial charge in [-0.05, 0) is 44.0 Å². The molecule has 0 aliphatic rings. The molecule has 1 unspecified atom stereocenters. The normalized spacial score (nSPS) is 11.9. The molecule has 0 bridgehead atoms. The molecule has 1 amide bonds. The molecule has 1 atom stereocenters. The second-order valence-corrected chi connectivity index (χ2v) is 6.71. The van der Waals surface area contributed by atoms with Crippen molar-refractivity contribution in [1.29, 1.82) is 0 Å². The zero-order valence-corrected chi connectivity index (χ0v) is 15.4. The van der Waals surface area contributed by atoms with Crippen LogP contribution in [0, 0.1) is 13.8 Å². The molecule has 0 heterocycles. The molecule has 0 saturated heterocycles. The van der Waals surface area contributed by atoms with E-state index < -0.39 is 23.7 Å². The number of para-hydroxylation sites is 1. The number of thioether (sulfide) groups is 1. The van der Waals surface area contributed by atoms with E-state index in [1.54, 1.807) is 12.1 Å². The van der Waals surface area contributed by atoms with Crippen molar-refractivity contribution in [2.24, 2.45) is 0 Å². The number of esters is 1. The van der Waals surface area contributed by atoms with Crippen LogP contribution in [0.2, 0.25) is 0 Å². The number of anilines is 1. The molecule has 26 heavy (non-hydrogen) atoms. The average Bonchev–Trinajstić information content (AvgIpc) is 2.58. The molecule has 2 rings (SSSR count). The van der Waals surface area contributed by atoms with Crippen molar-refractivity contribution in [3.8, 4) is 0 Å². The number of hydrogen-bond acceptors (Lipinski definition) is 4. The van der Waals surface area contributed by atoms with Gasteiger partial charge in [-0.25, -0.2) is 4.79 Å². The van der Waals surface area contributed by atoms with Crippen LogP contribution in [0.15, 0.2) is 47.4 Å². The molecule has 4 nitrogen and oxygen atoms in total. The Morgan fingerprint density at radius 2 is 1.65 bits per heavy atom. The first-order valence-corrected chi connectivity index (χ1v) is 8.79. The summed E-state index contributed by atoms with van der Waals surface area (Å²) in [7, 11) is 0. The Labute approximate surface area is 154 Å². The highest BCUT2D eigenvalue weighted by atomic mass is 32.2. The third-order valence-corrected chi connectivity index (χ3v) is 4.49. The molecule has 0 fully saturated rings. The van der Waals surface area contributed by atoms with E-state index in [9.17, 15) is 18.4 Å². The lowest BCUT2D eigenvalue weighted by Crippen LogP contribution is -2.30. The van der Waals surface area contributed by atoms with Crippen LogP contribution in [0.3, 0.4) is 0 Å². The molecule has 2 aromatic rings. The third-order valence-electron chi connectivity index (χ3n) is 3.71. The summed E-state index contributed by atoms with van der Waals surface area (Å²) in [5, 5.41) is 2.74. The van der Waals surface area contributed by atoms with Crippen LogP contribution in [0.4, 0.5) is 14.5 Å². The number of halogens is 2. The van der Waals surface area contributed by atoms with Gasteiger partial charge in [-0.3, -0.25) is 4.79 Å². The van der Waals surface area contributed by atoms with E-state index in [0.717, 1.165) is 11.1 Å². The topological polar surface area (TPSA) is 55.4 Å². The Balaban J connectivity index is 2.08. The van der Waals surface area contributed by atoms with Gasteiger partial charge in [0.15, 0.2) is 6.10 Å². The fourth-order valence-corrected chi connectivity index (χ4v) is 2.98. The van der Waals surface area contributed by atoms with E-state index in [0.29, 0.717) is 5.69 Å². The zero-order chi connectivity index (χ0) is 19.3. The van der Waals surface area contributed by atoms with E-state index in [1.165, 1.54) is 19.1 Å². The molecule has 1 N–H and O–H groups in total. The Bertz CT molecular complexity index is 791. The second kappa shape index (κ2) is 8.80. The molecule has 0 aliphatic carbocycles. The quantitative estimate of drug-likeness (QED) is 0.578. The fraction of sp³-hybridized carbons (Fsp3) is 0.263. The van der Waals surface area contributed by atoms with Gasteiger partial charge in [0.2, 0.25) is 0 Å². The Morgan fingerprint density at radius 3 is 2.27 bits per heavy atom. The number of amides is 1. The molecular formula is C19H19F2NO3S. The van der Waals surface area contributed by atoms with Gasteiger partial charge in [-0.15, -0.1) is 0 Å². The second-order valence-electron chi connectivity index (χ2n) is 5.68. The van der Waals surface area contributed by atoms with Crippen LogP contribution < -0.4 is 5.32 Å². The van der Waals surface area contributed by atoms with E-state index in [4.69, 9.17) is 4.74 Å². The molecule has 0 radical (unpaired) electrons. The van der Waals surface area contributed by atoms with Crippen LogP contribution >= 0.6 is 11.8 Å². The monoisotopic (exact) mass is 379 g/mol. The van der Waals surface area contributed by atoms with Gasteiger partial charge in [-0.2, -0.15) is 8.78 Å². The van der Waals surface area contributed by atoms with Gasteiger partial charge in [0.05, 0.1) is 5.56 Å². The highest BCUT2D eigenvalue weighted by Gasteiger charge is 2.22. The lowest BCUT2D eigenvalue weighted by atomic mass is 10.1. The standard InChI is InChI=1S/C19H19F2NO3S/c1-11-7-6-8-12(2)16(11)22-17(23)13(3)25-18(24)14-9-4-5-10-15(14)26-19(20)21/h4-10,13,19H,1-3H3,(H,22,23). The molecule has 138 valence electrons. The minimum Gasteiger partial charge on any atom is -0.449 e. The summed E-state index contributed by atoms with van der Waals surface area (Å²) in [5.74, 6) is -3.97. The number of carbonyl (C=O) groups excluding carboxylic acids is 2. The first kappa shape index (κ1) is 19.9. The summed E-state index contributed by atoms with van der Waals surface area (Å²) >= 11 is 0.261. The molecule has 0 spiro atoms. The number of ether oxygens (including phenoxy) is 1. The highest BCUT2D eigenvalue weighted by Crippen LogP contribution is 2.29. The molecule has 7 heteroatoms. The van der Waals surface area contributed by atoms with Crippen LogP contribution in [0.1, 0.15) is 28.4 Å². The highest BCUT2D eigenvalue weighted by molar-refractivity contribution is 7.99. The number of hydrogen-bond donors (Lipinski definition) is 1. The van der Waals surface area contributed by atoms with Crippen molar-refractivity contribution < 1.29 is 23.1 Å². The Morgan fingerprint density at radius 1 is 1.04 bits per heavy atom. The van der Waals surface area contributed by atoms with Gasteiger partial charge >= 0.3 is 5.97 Å². The number of carbonyl (C=O) groups is 2. The van der Waals surface area contributed by atoms with Gasteiger partial charge in [-0.1, -0.05) is 42.1 Å². The van der Waals surface area contributed by atoms with Crippen molar-refractivity contribution in [2.75, 3.05) is 5.32 Å². The van der Waals surface area contributed by atoms with Crippen molar-refractivity contribution in [1.82, 2.24) is 0 Å². The van der Waals surface area contributed by atoms with Gasteiger partial charge < -0.3 is 10.1 Å². The van der Waals surface area contributed by atoms with Crippen LogP contribution in [0.25, 0.3) is 0 Å².